The Kier molecular flexibility index (Phi) is 6.58. The lowest BCUT2D eigenvalue weighted by atomic mass is 9.94. The highest BCUT2D eigenvalue weighted by atomic mass is 28.4. The van der Waals surface area contributed by atoms with Crippen LogP contribution in [-0.4, -0.2) is 24.6 Å². The molecule has 33 heavy (non-hydrogen) atoms. The minimum atomic E-state index is -2.75. The van der Waals surface area contributed by atoms with Crippen LogP contribution in [0.3, 0.4) is 0 Å². The molecule has 3 aromatic carbocycles. The largest absolute Gasteiger partial charge is 0.399 e. The topological polar surface area (TPSA) is 29.5 Å². The zero-order valence-electron chi connectivity index (χ0n) is 20.1. The summed E-state index contributed by atoms with van der Waals surface area (Å²) in [5, 5.41) is 14.2. The summed E-state index contributed by atoms with van der Waals surface area (Å²) in [5.41, 5.74) is 1.28. The van der Waals surface area contributed by atoms with E-state index in [2.05, 4.69) is 111 Å². The number of allylic oxidation sites excluding steroid dienone is 2. The second-order valence-electron chi connectivity index (χ2n) is 10.2. The SMILES string of the molecule is CC(C)(O)CCC(C)(C)O[Si]1(c2ccccc2)C(/C=C/c2ccccc2)=Cc2ccccc21. The molecule has 0 bridgehead atoms. The maximum atomic E-state index is 10.4. The Morgan fingerprint density at radius 2 is 1.36 bits per heavy atom. The number of benzene rings is 3. The number of hydrogen-bond donors (Lipinski definition) is 1. The summed E-state index contributed by atoms with van der Waals surface area (Å²) in [6.07, 6.45) is 8.20. The molecule has 2 nitrogen and oxygen atoms in total. The highest BCUT2D eigenvalue weighted by Crippen LogP contribution is 2.35. The molecule has 0 saturated heterocycles. The fourth-order valence-electron chi connectivity index (χ4n) is 4.52. The number of hydrogen-bond acceptors (Lipinski definition) is 2. The van der Waals surface area contributed by atoms with Crippen LogP contribution in [0.4, 0.5) is 0 Å². The van der Waals surface area contributed by atoms with E-state index in [9.17, 15) is 5.11 Å². The Hall–Kier alpha value is -2.72. The van der Waals surface area contributed by atoms with Gasteiger partial charge in [0.1, 0.15) is 0 Å². The number of aliphatic hydroxyl groups is 1. The van der Waals surface area contributed by atoms with Crippen LogP contribution in [0.2, 0.25) is 0 Å². The molecular weight excluding hydrogens is 420 g/mol. The van der Waals surface area contributed by atoms with Crippen molar-refractivity contribution in [3.05, 3.63) is 107 Å². The Balaban J connectivity index is 1.83. The molecule has 1 N–H and O–H groups in total. The third kappa shape index (κ3) is 5.27. The monoisotopic (exact) mass is 454 g/mol. The molecule has 3 aromatic rings. The first-order valence-corrected chi connectivity index (χ1v) is 13.6. The van der Waals surface area contributed by atoms with Gasteiger partial charge < -0.3 is 9.53 Å². The van der Waals surface area contributed by atoms with Crippen molar-refractivity contribution < 1.29 is 9.53 Å². The first-order valence-electron chi connectivity index (χ1n) is 11.7. The van der Waals surface area contributed by atoms with Crippen molar-refractivity contribution in [3.8, 4) is 0 Å². The van der Waals surface area contributed by atoms with E-state index in [1.807, 2.05) is 19.9 Å². The molecular formula is C30H34O2Si. The van der Waals surface area contributed by atoms with E-state index < -0.39 is 19.5 Å². The number of fused-ring (bicyclic) bond motifs is 1. The first-order chi connectivity index (χ1) is 15.7. The third-order valence-corrected chi connectivity index (χ3v) is 10.6. The standard InChI is InChI=1S/C30H34O2Si/c1-29(2,31)21-22-30(3,4)32-33(26-16-9-6-10-17-26)27(20-19-24-13-7-5-8-14-24)23-25-15-11-12-18-28(25)33/h5-20,23,31H,21-22H2,1-4H3/b20-19+. The Morgan fingerprint density at radius 1 is 0.758 bits per heavy atom. The molecule has 0 spiro atoms. The van der Waals surface area contributed by atoms with Crippen molar-refractivity contribution in [1.82, 2.24) is 0 Å². The molecule has 1 heterocycles. The molecule has 0 fully saturated rings. The van der Waals surface area contributed by atoms with Crippen LogP contribution in [0, 0.1) is 0 Å². The van der Waals surface area contributed by atoms with Crippen LogP contribution in [0.5, 0.6) is 0 Å². The van der Waals surface area contributed by atoms with Crippen molar-refractivity contribution in [2.45, 2.75) is 51.7 Å². The minimum Gasteiger partial charge on any atom is -0.399 e. The first kappa shape index (κ1) is 23.4. The summed E-state index contributed by atoms with van der Waals surface area (Å²) < 4.78 is 7.30. The molecule has 1 atom stereocenters. The minimum absolute atomic E-state index is 0.404. The van der Waals surface area contributed by atoms with Gasteiger partial charge in [-0.2, -0.15) is 0 Å². The quantitative estimate of drug-likeness (QED) is 0.440. The van der Waals surface area contributed by atoms with Gasteiger partial charge in [0.2, 0.25) is 0 Å². The maximum absolute atomic E-state index is 10.4. The van der Waals surface area contributed by atoms with Crippen LogP contribution in [0.25, 0.3) is 12.2 Å². The van der Waals surface area contributed by atoms with Crippen LogP contribution in [0.15, 0.2) is 96.2 Å². The summed E-state index contributed by atoms with van der Waals surface area (Å²) in [5.74, 6) is 0. The van der Waals surface area contributed by atoms with Gasteiger partial charge in [-0.1, -0.05) is 103 Å². The van der Waals surface area contributed by atoms with Gasteiger partial charge in [0, 0.05) is 0 Å². The molecule has 0 aromatic heterocycles. The zero-order valence-corrected chi connectivity index (χ0v) is 21.1. The highest BCUT2D eigenvalue weighted by molar-refractivity contribution is 7.05. The lowest BCUT2D eigenvalue weighted by molar-refractivity contribution is 0.0279. The molecule has 1 unspecified atom stereocenters. The van der Waals surface area contributed by atoms with E-state index in [0.29, 0.717) is 6.42 Å². The zero-order chi connectivity index (χ0) is 23.5. The summed E-state index contributed by atoms with van der Waals surface area (Å²) >= 11 is 0. The third-order valence-electron chi connectivity index (χ3n) is 6.26. The van der Waals surface area contributed by atoms with E-state index >= 15 is 0 Å². The normalized spacial score (nSPS) is 18.4. The van der Waals surface area contributed by atoms with Gasteiger partial charge in [0.25, 0.3) is 8.32 Å². The van der Waals surface area contributed by atoms with Crippen molar-refractivity contribution in [2.75, 3.05) is 0 Å². The molecule has 0 saturated carbocycles. The molecule has 0 amide bonds. The number of rotatable bonds is 8. The van der Waals surface area contributed by atoms with Crippen LogP contribution < -0.4 is 10.4 Å². The van der Waals surface area contributed by atoms with Crippen LogP contribution >= 0.6 is 0 Å². The van der Waals surface area contributed by atoms with Crippen molar-refractivity contribution >= 4 is 30.8 Å². The van der Waals surface area contributed by atoms with E-state index in [1.165, 1.54) is 26.7 Å². The Labute approximate surface area is 199 Å². The molecule has 3 heteroatoms. The van der Waals surface area contributed by atoms with Gasteiger partial charge in [0.05, 0.1) is 11.2 Å². The lowest BCUT2D eigenvalue weighted by Crippen LogP contribution is -2.64. The van der Waals surface area contributed by atoms with Gasteiger partial charge in [-0.3, -0.25) is 0 Å². The van der Waals surface area contributed by atoms with E-state index in [-0.39, 0.29) is 0 Å². The van der Waals surface area contributed by atoms with Gasteiger partial charge in [-0.05, 0) is 67.2 Å². The summed E-state index contributed by atoms with van der Waals surface area (Å²) in [6.45, 7) is 8.06. The predicted molar refractivity (Wildman–Crippen MR) is 142 cm³/mol. The fourth-order valence-corrected chi connectivity index (χ4v) is 8.99. The summed E-state index contributed by atoms with van der Waals surface area (Å²) in [6, 6.07) is 29.8. The van der Waals surface area contributed by atoms with Gasteiger partial charge in [-0.25, -0.2) is 0 Å². The predicted octanol–water partition coefficient (Wildman–Crippen LogP) is 5.74. The van der Waals surface area contributed by atoms with Gasteiger partial charge in [0.15, 0.2) is 0 Å². The van der Waals surface area contributed by atoms with Crippen molar-refractivity contribution in [3.63, 3.8) is 0 Å². The van der Waals surface area contributed by atoms with Gasteiger partial charge >= 0.3 is 0 Å². The fraction of sp³-hybridized carbons (Fsp3) is 0.267. The molecule has 0 radical (unpaired) electrons. The van der Waals surface area contributed by atoms with Gasteiger partial charge in [-0.15, -0.1) is 0 Å². The van der Waals surface area contributed by atoms with E-state index in [4.69, 9.17) is 4.43 Å². The lowest BCUT2D eigenvalue weighted by Gasteiger charge is -2.40. The summed E-state index contributed by atoms with van der Waals surface area (Å²) in [7, 11) is -2.75. The highest BCUT2D eigenvalue weighted by Gasteiger charge is 2.50. The van der Waals surface area contributed by atoms with Crippen LogP contribution in [-0.2, 0) is 4.43 Å². The maximum Gasteiger partial charge on any atom is 0.289 e. The van der Waals surface area contributed by atoms with Crippen LogP contribution in [0.1, 0.15) is 51.7 Å². The Morgan fingerprint density at radius 3 is 2.03 bits per heavy atom. The van der Waals surface area contributed by atoms with Crippen molar-refractivity contribution in [2.24, 2.45) is 0 Å². The second-order valence-corrected chi connectivity index (χ2v) is 13.4. The smallest absolute Gasteiger partial charge is 0.289 e. The molecule has 1 aliphatic rings. The average molecular weight is 455 g/mol. The van der Waals surface area contributed by atoms with Crippen molar-refractivity contribution in [1.29, 1.82) is 0 Å². The molecule has 1 aliphatic heterocycles. The second kappa shape index (κ2) is 9.26. The van der Waals surface area contributed by atoms with E-state index in [0.717, 1.165) is 6.42 Å². The molecule has 4 rings (SSSR count). The average Bonchev–Trinajstić information content (AvgIpc) is 3.11. The molecule has 0 aliphatic carbocycles. The summed E-state index contributed by atoms with van der Waals surface area (Å²) in [4.78, 5) is 0. The molecule has 170 valence electrons. The Bertz CT molecular complexity index is 1140. The van der Waals surface area contributed by atoms with E-state index in [1.54, 1.807) is 0 Å².